The molecule has 1 aliphatic heterocycles. The largest absolute Gasteiger partial charge is 0.391 e. The molecule has 1 atom stereocenters. The van der Waals surface area contributed by atoms with Crippen LogP contribution in [-0.2, 0) is 0 Å². The van der Waals surface area contributed by atoms with Crippen molar-refractivity contribution in [1.29, 1.82) is 0 Å². The quantitative estimate of drug-likeness (QED) is 0.740. The topological polar surface area (TPSA) is 23.5 Å². The summed E-state index contributed by atoms with van der Waals surface area (Å²) in [4.78, 5) is 2.38. The predicted molar refractivity (Wildman–Crippen MR) is 66.8 cm³/mol. The van der Waals surface area contributed by atoms with Crippen molar-refractivity contribution >= 4 is 21.6 Å². The van der Waals surface area contributed by atoms with Gasteiger partial charge < -0.3 is 5.11 Å². The van der Waals surface area contributed by atoms with Gasteiger partial charge >= 0.3 is 0 Å². The van der Waals surface area contributed by atoms with E-state index in [1.807, 2.05) is 21.6 Å². The average Bonchev–Trinajstić information content (AvgIpc) is 2.31. The first-order valence-electron chi connectivity index (χ1n) is 5.15. The standard InChI is InChI=1S/C10H21NOS2/c1-10(2,3)9(12)8-11-4-6-13-14-7-5-11/h9,12H,4-8H2,1-3H3. The van der Waals surface area contributed by atoms with Crippen LogP contribution >= 0.6 is 21.6 Å². The summed E-state index contributed by atoms with van der Waals surface area (Å²) < 4.78 is 0. The van der Waals surface area contributed by atoms with Gasteiger partial charge in [-0.1, -0.05) is 42.4 Å². The molecule has 1 unspecified atom stereocenters. The lowest BCUT2D eigenvalue weighted by atomic mass is 9.89. The molecular formula is C10H21NOS2. The predicted octanol–water partition coefficient (Wildman–Crippen LogP) is 2.09. The van der Waals surface area contributed by atoms with Crippen molar-refractivity contribution in [3.63, 3.8) is 0 Å². The Morgan fingerprint density at radius 2 is 1.71 bits per heavy atom. The van der Waals surface area contributed by atoms with Gasteiger partial charge in [-0.25, -0.2) is 0 Å². The Hall–Kier alpha value is 0.620. The highest BCUT2D eigenvalue weighted by atomic mass is 33.1. The molecule has 1 heterocycles. The molecule has 1 fully saturated rings. The zero-order chi connectivity index (χ0) is 10.6. The molecule has 1 rings (SSSR count). The number of aliphatic hydroxyl groups excluding tert-OH is 1. The maximum Gasteiger partial charge on any atom is 0.0715 e. The van der Waals surface area contributed by atoms with Gasteiger partial charge in [0.05, 0.1) is 6.10 Å². The monoisotopic (exact) mass is 235 g/mol. The minimum absolute atomic E-state index is 0.00654. The number of aliphatic hydroxyl groups is 1. The summed E-state index contributed by atoms with van der Waals surface area (Å²) in [6, 6.07) is 0. The first kappa shape index (κ1) is 12.7. The molecule has 0 amide bonds. The lowest BCUT2D eigenvalue weighted by Crippen LogP contribution is -2.40. The maximum atomic E-state index is 9.97. The van der Waals surface area contributed by atoms with Crippen LogP contribution in [0.1, 0.15) is 20.8 Å². The molecule has 0 spiro atoms. The third kappa shape index (κ3) is 4.43. The first-order chi connectivity index (χ1) is 6.50. The Bertz CT molecular complexity index is 162. The lowest BCUT2D eigenvalue weighted by molar-refractivity contribution is 0.0318. The van der Waals surface area contributed by atoms with Crippen molar-refractivity contribution in [1.82, 2.24) is 4.90 Å². The summed E-state index contributed by atoms with van der Waals surface area (Å²) in [7, 11) is 3.89. The number of hydrogen-bond donors (Lipinski definition) is 1. The summed E-state index contributed by atoms with van der Waals surface area (Å²) in [6.45, 7) is 9.34. The Morgan fingerprint density at radius 3 is 2.14 bits per heavy atom. The molecule has 0 aromatic rings. The van der Waals surface area contributed by atoms with E-state index >= 15 is 0 Å². The van der Waals surface area contributed by atoms with E-state index in [-0.39, 0.29) is 11.5 Å². The number of rotatable bonds is 2. The summed E-state index contributed by atoms with van der Waals surface area (Å²) >= 11 is 0. The van der Waals surface area contributed by atoms with E-state index in [0.717, 1.165) is 19.6 Å². The summed E-state index contributed by atoms with van der Waals surface area (Å²) in [5.74, 6) is 2.36. The molecule has 0 aliphatic carbocycles. The van der Waals surface area contributed by atoms with Crippen LogP contribution in [0.25, 0.3) is 0 Å². The zero-order valence-corrected chi connectivity index (χ0v) is 11.0. The smallest absolute Gasteiger partial charge is 0.0715 e. The van der Waals surface area contributed by atoms with E-state index in [2.05, 4.69) is 25.7 Å². The normalized spacial score (nSPS) is 23.1. The van der Waals surface area contributed by atoms with Gasteiger partial charge in [0.1, 0.15) is 0 Å². The second kappa shape index (κ2) is 5.64. The van der Waals surface area contributed by atoms with Gasteiger partial charge in [0.2, 0.25) is 0 Å². The van der Waals surface area contributed by atoms with Gasteiger partial charge in [-0.15, -0.1) is 0 Å². The molecule has 0 aromatic carbocycles. The summed E-state index contributed by atoms with van der Waals surface area (Å²) in [5.41, 5.74) is 0.00654. The van der Waals surface area contributed by atoms with Crippen LogP contribution in [0.3, 0.4) is 0 Å². The molecule has 1 saturated heterocycles. The molecule has 1 N–H and O–H groups in total. The van der Waals surface area contributed by atoms with Gasteiger partial charge in [-0.3, -0.25) is 4.90 Å². The van der Waals surface area contributed by atoms with Crippen molar-refractivity contribution in [2.75, 3.05) is 31.1 Å². The fourth-order valence-electron chi connectivity index (χ4n) is 1.26. The number of nitrogens with zero attached hydrogens (tertiary/aromatic N) is 1. The highest BCUT2D eigenvalue weighted by Crippen LogP contribution is 2.25. The van der Waals surface area contributed by atoms with Gasteiger partial charge in [0, 0.05) is 31.1 Å². The zero-order valence-electron chi connectivity index (χ0n) is 9.32. The number of hydrogen-bond acceptors (Lipinski definition) is 4. The van der Waals surface area contributed by atoms with Crippen molar-refractivity contribution in [2.24, 2.45) is 5.41 Å². The van der Waals surface area contributed by atoms with Crippen molar-refractivity contribution < 1.29 is 5.11 Å². The van der Waals surface area contributed by atoms with Gasteiger partial charge in [0.25, 0.3) is 0 Å². The summed E-state index contributed by atoms with van der Waals surface area (Å²) in [6.07, 6.45) is -0.212. The molecule has 2 nitrogen and oxygen atoms in total. The Labute approximate surface area is 95.2 Å². The Balaban J connectivity index is 2.34. The molecule has 14 heavy (non-hydrogen) atoms. The molecular weight excluding hydrogens is 214 g/mol. The minimum Gasteiger partial charge on any atom is -0.391 e. The molecule has 0 bridgehead atoms. The molecule has 0 radical (unpaired) electrons. The van der Waals surface area contributed by atoms with E-state index in [4.69, 9.17) is 0 Å². The van der Waals surface area contributed by atoms with Gasteiger partial charge in [-0.2, -0.15) is 0 Å². The van der Waals surface area contributed by atoms with Crippen LogP contribution in [0.2, 0.25) is 0 Å². The third-order valence-corrected chi connectivity index (χ3v) is 4.86. The van der Waals surface area contributed by atoms with Crippen molar-refractivity contribution in [3.8, 4) is 0 Å². The Kier molecular flexibility index (Phi) is 5.11. The summed E-state index contributed by atoms with van der Waals surface area (Å²) in [5, 5.41) is 9.97. The van der Waals surface area contributed by atoms with E-state index in [1.165, 1.54) is 11.5 Å². The van der Waals surface area contributed by atoms with Crippen LogP contribution in [0, 0.1) is 5.41 Å². The molecule has 1 aliphatic rings. The van der Waals surface area contributed by atoms with Gasteiger partial charge in [-0.05, 0) is 5.41 Å². The SMILES string of the molecule is CC(C)(C)C(O)CN1CCSSCC1. The average molecular weight is 235 g/mol. The van der Waals surface area contributed by atoms with Crippen molar-refractivity contribution in [2.45, 2.75) is 26.9 Å². The fourth-order valence-corrected chi connectivity index (χ4v) is 3.32. The van der Waals surface area contributed by atoms with E-state index < -0.39 is 0 Å². The molecule has 84 valence electrons. The van der Waals surface area contributed by atoms with Crippen molar-refractivity contribution in [3.05, 3.63) is 0 Å². The Morgan fingerprint density at radius 1 is 1.21 bits per heavy atom. The van der Waals surface area contributed by atoms with Gasteiger partial charge in [0.15, 0.2) is 0 Å². The highest BCUT2D eigenvalue weighted by molar-refractivity contribution is 8.76. The third-order valence-electron chi connectivity index (χ3n) is 2.50. The van der Waals surface area contributed by atoms with E-state index in [0.29, 0.717) is 0 Å². The minimum atomic E-state index is -0.212. The fraction of sp³-hybridized carbons (Fsp3) is 1.00. The second-order valence-electron chi connectivity index (χ2n) is 4.83. The molecule has 0 aromatic heterocycles. The first-order valence-corrected chi connectivity index (χ1v) is 7.64. The second-order valence-corrected chi connectivity index (χ2v) is 7.53. The van der Waals surface area contributed by atoms with Crippen LogP contribution in [0.4, 0.5) is 0 Å². The van der Waals surface area contributed by atoms with E-state index in [1.54, 1.807) is 0 Å². The number of β-amino-alcohol motifs (C(OH)–C–C–N with tert-alkyl or cyclic N) is 1. The van der Waals surface area contributed by atoms with E-state index in [9.17, 15) is 5.11 Å². The maximum absolute atomic E-state index is 9.97. The van der Waals surface area contributed by atoms with Crippen LogP contribution < -0.4 is 0 Å². The molecule has 0 saturated carbocycles. The lowest BCUT2D eigenvalue weighted by Gasteiger charge is -2.30. The van der Waals surface area contributed by atoms with Crippen LogP contribution in [0.15, 0.2) is 0 Å². The van der Waals surface area contributed by atoms with Crippen LogP contribution in [-0.4, -0.2) is 47.3 Å². The highest BCUT2D eigenvalue weighted by Gasteiger charge is 2.24. The molecule has 4 heteroatoms. The van der Waals surface area contributed by atoms with Crippen LogP contribution in [0.5, 0.6) is 0 Å².